The molecule has 0 bridgehead atoms. The summed E-state index contributed by atoms with van der Waals surface area (Å²) < 4.78 is 9.95. The molecule has 0 unspecified atom stereocenters. The summed E-state index contributed by atoms with van der Waals surface area (Å²) in [6.07, 6.45) is 3.24. The van der Waals surface area contributed by atoms with Crippen LogP contribution in [0.5, 0.6) is 0 Å². The molecule has 1 saturated carbocycles. The number of hydrogen-bond donors (Lipinski definition) is 1. The topological polar surface area (TPSA) is 81.7 Å². The quantitative estimate of drug-likeness (QED) is 0.575. The van der Waals surface area contributed by atoms with Crippen LogP contribution < -0.4 is 5.32 Å². The van der Waals surface area contributed by atoms with Gasteiger partial charge in [0.1, 0.15) is 0 Å². The fourth-order valence-electron chi connectivity index (χ4n) is 4.42. The summed E-state index contributed by atoms with van der Waals surface area (Å²) in [5.74, 6) is -0.867. The maximum absolute atomic E-state index is 12.9. The molecule has 6 nitrogen and oxygen atoms in total. The molecule has 2 aromatic carbocycles. The van der Waals surface area contributed by atoms with Crippen molar-refractivity contribution in [2.45, 2.75) is 51.5 Å². The highest BCUT2D eigenvalue weighted by molar-refractivity contribution is 5.81. The summed E-state index contributed by atoms with van der Waals surface area (Å²) in [6.45, 7) is 2.08. The molecule has 0 spiro atoms. The third-order valence-corrected chi connectivity index (χ3v) is 6.24. The number of methoxy groups -OCH3 is 1. The molecule has 0 aromatic heterocycles. The first-order valence-corrected chi connectivity index (χ1v) is 11.7. The van der Waals surface area contributed by atoms with Crippen molar-refractivity contribution in [2.24, 2.45) is 11.8 Å². The van der Waals surface area contributed by atoms with Gasteiger partial charge in [0.25, 0.3) is 0 Å². The lowest BCUT2D eigenvalue weighted by atomic mass is 9.81. The smallest absolute Gasteiger partial charge is 0.308 e. The van der Waals surface area contributed by atoms with Gasteiger partial charge in [-0.25, -0.2) is 0 Å². The number of ether oxygens (including phenoxy) is 2. The van der Waals surface area contributed by atoms with E-state index in [1.807, 2.05) is 30.3 Å². The second kappa shape index (κ2) is 12.2. The number of rotatable bonds is 9. The zero-order valence-electron chi connectivity index (χ0n) is 19.4. The summed E-state index contributed by atoms with van der Waals surface area (Å²) in [6, 6.07) is 18.0. The van der Waals surface area contributed by atoms with Crippen molar-refractivity contribution in [1.29, 1.82) is 0 Å². The molecular weight excluding hydrogens is 418 g/mol. The zero-order valence-corrected chi connectivity index (χ0v) is 19.4. The molecule has 6 heteroatoms. The van der Waals surface area contributed by atoms with Crippen molar-refractivity contribution < 1.29 is 23.9 Å². The van der Waals surface area contributed by atoms with Crippen LogP contribution >= 0.6 is 0 Å². The van der Waals surface area contributed by atoms with Crippen LogP contribution in [0.1, 0.15) is 44.6 Å². The highest BCUT2D eigenvalue weighted by Crippen LogP contribution is 2.30. The Bertz CT molecular complexity index is 917. The van der Waals surface area contributed by atoms with E-state index in [2.05, 4.69) is 29.6 Å². The predicted octanol–water partition coefficient (Wildman–Crippen LogP) is 4.31. The Hall–Kier alpha value is -3.15. The van der Waals surface area contributed by atoms with Gasteiger partial charge in [0, 0.05) is 12.0 Å². The Kier molecular flexibility index (Phi) is 9.04. The molecule has 2 aromatic rings. The van der Waals surface area contributed by atoms with E-state index in [0.29, 0.717) is 38.7 Å². The Labute approximate surface area is 195 Å². The molecule has 0 aliphatic heterocycles. The lowest BCUT2D eigenvalue weighted by Gasteiger charge is -2.28. The lowest BCUT2D eigenvalue weighted by Crippen LogP contribution is -2.43. The molecular formula is C27H33NO5. The molecule has 1 amide bonds. The second-order valence-corrected chi connectivity index (χ2v) is 8.55. The SMILES string of the molecule is CCOC(=O)C[C@@H](Cc1ccc(-c2ccccc2)cc1)NC(=O)[C@H]1CC[C@H](C(=O)OC)CC1. The van der Waals surface area contributed by atoms with Gasteiger partial charge in [-0.3, -0.25) is 14.4 Å². The molecule has 1 fully saturated rings. The Balaban J connectivity index is 1.63. The van der Waals surface area contributed by atoms with E-state index in [9.17, 15) is 14.4 Å². The monoisotopic (exact) mass is 451 g/mol. The van der Waals surface area contributed by atoms with Crippen molar-refractivity contribution in [3.8, 4) is 11.1 Å². The maximum Gasteiger partial charge on any atom is 0.308 e. The third kappa shape index (κ3) is 7.17. The van der Waals surface area contributed by atoms with Crippen LogP contribution in [-0.2, 0) is 30.3 Å². The maximum atomic E-state index is 12.9. The lowest BCUT2D eigenvalue weighted by molar-refractivity contribution is -0.148. The normalized spacial score (nSPS) is 18.7. The molecule has 1 aliphatic rings. The predicted molar refractivity (Wildman–Crippen MR) is 126 cm³/mol. The molecule has 176 valence electrons. The Morgan fingerprint density at radius 1 is 0.909 bits per heavy atom. The molecule has 1 atom stereocenters. The van der Waals surface area contributed by atoms with Crippen LogP contribution in [0, 0.1) is 11.8 Å². The number of benzene rings is 2. The molecule has 1 N–H and O–H groups in total. The van der Waals surface area contributed by atoms with Gasteiger partial charge in [0.2, 0.25) is 5.91 Å². The van der Waals surface area contributed by atoms with Gasteiger partial charge in [-0.05, 0) is 55.7 Å². The average molecular weight is 452 g/mol. The van der Waals surface area contributed by atoms with E-state index in [-0.39, 0.29) is 42.1 Å². The van der Waals surface area contributed by atoms with E-state index >= 15 is 0 Å². The van der Waals surface area contributed by atoms with Crippen LogP contribution in [0.2, 0.25) is 0 Å². The molecule has 3 rings (SSSR count). The van der Waals surface area contributed by atoms with Crippen LogP contribution in [-0.4, -0.2) is 37.6 Å². The number of carbonyl (C=O) groups is 3. The van der Waals surface area contributed by atoms with Crippen LogP contribution in [0.3, 0.4) is 0 Å². The van der Waals surface area contributed by atoms with Crippen molar-refractivity contribution >= 4 is 17.8 Å². The van der Waals surface area contributed by atoms with Gasteiger partial charge in [-0.2, -0.15) is 0 Å². The zero-order chi connectivity index (χ0) is 23.6. The summed E-state index contributed by atoms with van der Waals surface area (Å²) in [4.78, 5) is 36.9. The molecule has 33 heavy (non-hydrogen) atoms. The highest BCUT2D eigenvalue weighted by Gasteiger charge is 2.31. The van der Waals surface area contributed by atoms with Gasteiger partial charge in [-0.1, -0.05) is 54.6 Å². The summed E-state index contributed by atoms with van der Waals surface area (Å²) in [5.41, 5.74) is 3.30. The number of hydrogen-bond acceptors (Lipinski definition) is 5. The number of esters is 2. The van der Waals surface area contributed by atoms with E-state index in [4.69, 9.17) is 9.47 Å². The van der Waals surface area contributed by atoms with Gasteiger partial charge in [0.15, 0.2) is 0 Å². The first kappa shape index (κ1) is 24.5. The van der Waals surface area contributed by atoms with Crippen LogP contribution in [0.15, 0.2) is 54.6 Å². The average Bonchev–Trinajstić information content (AvgIpc) is 2.84. The Morgan fingerprint density at radius 3 is 2.12 bits per heavy atom. The van der Waals surface area contributed by atoms with Crippen LogP contribution in [0.25, 0.3) is 11.1 Å². The van der Waals surface area contributed by atoms with Crippen molar-refractivity contribution in [3.63, 3.8) is 0 Å². The largest absolute Gasteiger partial charge is 0.469 e. The minimum absolute atomic E-state index is 0.0616. The van der Waals surface area contributed by atoms with Crippen molar-refractivity contribution in [2.75, 3.05) is 13.7 Å². The first-order chi connectivity index (χ1) is 16.0. The van der Waals surface area contributed by atoms with Gasteiger partial charge in [-0.15, -0.1) is 0 Å². The fourth-order valence-corrected chi connectivity index (χ4v) is 4.42. The van der Waals surface area contributed by atoms with Crippen molar-refractivity contribution in [3.05, 3.63) is 60.2 Å². The van der Waals surface area contributed by atoms with Crippen LogP contribution in [0.4, 0.5) is 0 Å². The molecule has 0 heterocycles. The third-order valence-electron chi connectivity index (χ3n) is 6.24. The highest BCUT2D eigenvalue weighted by atomic mass is 16.5. The van der Waals surface area contributed by atoms with Gasteiger partial charge < -0.3 is 14.8 Å². The van der Waals surface area contributed by atoms with Crippen molar-refractivity contribution in [1.82, 2.24) is 5.32 Å². The standard InChI is InChI=1S/C27H33NO5/c1-3-33-25(29)18-24(28-26(30)22-13-15-23(16-14-22)27(31)32-2)17-19-9-11-21(12-10-19)20-7-5-4-6-8-20/h4-12,22-24H,3,13-18H2,1-2H3,(H,28,30)/t22-,23-,24-/m1/s1. The van der Waals surface area contributed by atoms with Gasteiger partial charge >= 0.3 is 11.9 Å². The minimum Gasteiger partial charge on any atom is -0.469 e. The molecule has 0 saturated heterocycles. The molecule has 1 aliphatic carbocycles. The Morgan fingerprint density at radius 2 is 1.52 bits per heavy atom. The van der Waals surface area contributed by atoms with E-state index in [0.717, 1.165) is 16.7 Å². The van der Waals surface area contributed by atoms with E-state index in [1.165, 1.54) is 7.11 Å². The summed E-state index contributed by atoms with van der Waals surface area (Å²) >= 11 is 0. The number of amides is 1. The van der Waals surface area contributed by atoms with Gasteiger partial charge in [0.05, 0.1) is 26.1 Å². The summed E-state index contributed by atoms with van der Waals surface area (Å²) in [7, 11) is 1.40. The first-order valence-electron chi connectivity index (χ1n) is 11.7. The van der Waals surface area contributed by atoms with E-state index in [1.54, 1.807) is 6.92 Å². The molecule has 0 radical (unpaired) electrons. The summed E-state index contributed by atoms with van der Waals surface area (Å²) in [5, 5.41) is 3.07. The second-order valence-electron chi connectivity index (χ2n) is 8.55. The fraction of sp³-hybridized carbons (Fsp3) is 0.444. The minimum atomic E-state index is -0.350. The number of nitrogens with one attached hydrogen (secondary N) is 1. The van der Waals surface area contributed by atoms with E-state index < -0.39 is 0 Å². The number of carbonyl (C=O) groups excluding carboxylic acids is 3.